The van der Waals surface area contributed by atoms with Gasteiger partial charge in [0.05, 0.1) is 27.6 Å². The molecule has 6 heteroatoms. The van der Waals surface area contributed by atoms with E-state index in [1.54, 1.807) is 24.4 Å². The Labute approximate surface area is 126 Å². The molecule has 0 aliphatic heterocycles. The molecule has 0 N–H and O–H groups in total. The minimum Gasteiger partial charge on any atom is -0.331 e. The van der Waals surface area contributed by atoms with Crippen LogP contribution in [0.3, 0.4) is 0 Å². The van der Waals surface area contributed by atoms with Gasteiger partial charge in [-0.15, -0.1) is 0 Å². The molecule has 0 atom stereocenters. The highest BCUT2D eigenvalue weighted by molar-refractivity contribution is 6.31. The van der Waals surface area contributed by atoms with Crippen molar-refractivity contribution >= 4 is 34.0 Å². The lowest BCUT2D eigenvalue weighted by atomic mass is 10.2. The number of benzene rings is 1. The van der Waals surface area contributed by atoms with Crippen molar-refractivity contribution in [2.24, 2.45) is 0 Å². The van der Waals surface area contributed by atoms with Gasteiger partial charge in [0.1, 0.15) is 0 Å². The molecule has 1 saturated carbocycles. The fourth-order valence-electron chi connectivity index (χ4n) is 2.58. The summed E-state index contributed by atoms with van der Waals surface area (Å²) in [6, 6.07) is 5.04. The van der Waals surface area contributed by atoms with Crippen molar-refractivity contribution in [1.82, 2.24) is 4.57 Å². The van der Waals surface area contributed by atoms with Gasteiger partial charge in [0, 0.05) is 5.02 Å². The van der Waals surface area contributed by atoms with Crippen molar-refractivity contribution < 1.29 is 9.72 Å². The average molecular weight is 305 g/mol. The molecule has 0 bridgehead atoms. The van der Waals surface area contributed by atoms with E-state index in [2.05, 4.69) is 0 Å². The van der Waals surface area contributed by atoms with Crippen LogP contribution in [0, 0.1) is 10.1 Å². The van der Waals surface area contributed by atoms with Crippen LogP contribution in [0.5, 0.6) is 0 Å². The molecule has 0 radical (unpaired) electrons. The highest BCUT2D eigenvalue weighted by Gasteiger charge is 2.44. The fraction of sp³-hybridized carbons (Fsp3) is 0.267. The molecule has 21 heavy (non-hydrogen) atoms. The normalized spacial score (nSPS) is 16.5. The van der Waals surface area contributed by atoms with Crippen LogP contribution in [0.2, 0.25) is 5.02 Å². The number of allylic oxidation sites excluding steroid dienone is 2. The summed E-state index contributed by atoms with van der Waals surface area (Å²) in [5.74, 6) is -0.0368. The summed E-state index contributed by atoms with van der Waals surface area (Å²) in [5, 5.41) is 12.3. The van der Waals surface area contributed by atoms with E-state index in [4.69, 9.17) is 11.6 Å². The number of nitro groups is 1. The second-order valence-corrected chi connectivity index (χ2v) is 5.79. The van der Waals surface area contributed by atoms with E-state index >= 15 is 0 Å². The van der Waals surface area contributed by atoms with Crippen molar-refractivity contribution in [2.75, 3.05) is 0 Å². The number of halogens is 1. The Kier molecular flexibility index (Phi) is 3.10. The summed E-state index contributed by atoms with van der Waals surface area (Å²) in [7, 11) is 0. The maximum absolute atomic E-state index is 11.2. The van der Waals surface area contributed by atoms with Gasteiger partial charge < -0.3 is 4.57 Å². The summed E-state index contributed by atoms with van der Waals surface area (Å²) < 4.78 is 1.87. The smallest absolute Gasteiger partial charge is 0.294 e. The van der Waals surface area contributed by atoms with Gasteiger partial charge in [-0.2, -0.15) is 0 Å². The van der Waals surface area contributed by atoms with E-state index in [0.29, 0.717) is 10.4 Å². The van der Waals surface area contributed by atoms with Crippen LogP contribution in [0.25, 0.3) is 10.9 Å². The summed E-state index contributed by atoms with van der Waals surface area (Å²) in [4.78, 5) is 22.0. The number of aromatic nitrogens is 1. The largest absolute Gasteiger partial charge is 0.331 e. The van der Waals surface area contributed by atoms with Crippen LogP contribution in [-0.4, -0.2) is 15.3 Å². The predicted octanol–water partition coefficient (Wildman–Crippen LogP) is 3.84. The molecule has 1 aromatic heterocycles. The van der Waals surface area contributed by atoms with E-state index in [1.807, 2.05) is 10.6 Å². The van der Waals surface area contributed by atoms with Gasteiger partial charge in [-0.05, 0) is 44.0 Å². The Balaban J connectivity index is 2.21. The van der Waals surface area contributed by atoms with Crippen LogP contribution in [0.1, 0.15) is 19.8 Å². The van der Waals surface area contributed by atoms with Gasteiger partial charge in [0.2, 0.25) is 0 Å². The first-order valence-corrected chi connectivity index (χ1v) is 6.96. The van der Waals surface area contributed by atoms with Crippen molar-refractivity contribution in [3.63, 3.8) is 0 Å². The molecule has 0 amide bonds. The minimum absolute atomic E-state index is 0.0368. The Morgan fingerprint density at radius 2 is 2.19 bits per heavy atom. The van der Waals surface area contributed by atoms with E-state index < -0.39 is 4.92 Å². The van der Waals surface area contributed by atoms with Crippen LogP contribution < -0.4 is 0 Å². The molecule has 1 aliphatic carbocycles. The van der Waals surface area contributed by atoms with Crippen molar-refractivity contribution in [3.05, 3.63) is 51.7 Å². The third-order valence-corrected chi connectivity index (χ3v) is 4.05. The van der Waals surface area contributed by atoms with E-state index in [1.165, 1.54) is 13.0 Å². The standard InChI is InChI=1S/C15H13ClN2O3/c1-10(19)4-5-15(6-7-15)17-9-14(18(20)21)12-3-2-11(16)8-13(12)17/h2-5,8-9H,6-7H2,1H3/b5-4+. The molecule has 3 rings (SSSR count). The molecule has 0 saturated heterocycles. The molecule has 1 aliphatic rings. The topological polar surface area (TPSA) is 65.1 Å². The zero-order valence-corrected chi connectivity index (χ0v) is 12.1. The molecular formula is C15H13ClN2O3. The van der Waals surface area contributed by atoms with Gasteiger partial charge >= 0.3 is 0 Å². The molecule has 0 spiro atoms. The minimum atomic E-state index is -0.391. The van der Waals surface area contributed by atoms with E-state index in [9.17, 15) is 14.9 Å². The lowest BCUT2D eigenvalue weighted by molar-refractivity contribution is -0.383. The quantitative estimate of drug-likeness (QED) is 0.490. The molecule has 2 aromatic rings. The van der Waals surface area contributed by atoms with Gasteiger partial charge in [0.15, 0.2) is 5.78 Å². The number of fused-ring (bicyclic) bond motifs is 1. The fourth-order valence-corrected chi connectivity index (χ4v) is 2.75. The molecule has 108 valence electrons. The van der Waals surface area contributed by atoms with Crippen molar-refractivity contribution in [2.45, 2.75) is 25.3 Å². The summed E-state index contributed by atoms with van der Waals surface area (Å²) in [5.41, 5.74) is 0.437. The van der Waals surface area contributed by atoms with Gasteiger partial charge in [-0.3, -0.25) is 14.9 Å². The lowest BCUT2D eigenvalue weighted by Crippen LogP contribution is -2.13. The van der Waals surface area contributed by atoms with Crippen LogP contribution in [0.15, 0.2) is 36.5 Å². The van der Waals surface area contributed by atoms with Gasteiger partial charge in [-0.1, -0.05) is 17.7 Å². The Morgan fingerprint density at radius 3 is 2.76 bits per heavy atom. The van der Waals surface area contributed by atoms with Crippen molar-refractivity contribution in [1.29, 1.82) is 0 Å². The summed E-state index contributed by atoms with van der Waals surface area (Å²) in [6.45, 7) is 1.49. The number of carbonyl (C=O) groups is 1. The van der Waals surface area contributed by atoms with E-state index in [-0.39, 0.29) is 17.0 Å². The Bertz CT molecular complexity index is 788. The van der Waals surface area contributed by atoms with Gasteiger partial charge in [0.25, 0.3) is 5.69 Å². The number of nitrogens with zero attached hydrogens (tertiary/aromatic N) is 2. The molecule has 5 nitrogen and oxygen atoms in total. The lowest BCUT2D eigenvalue weighted by Gasteiger charge is -2.14. The molecule has 0 unspecified atom stereocenters. The third kappa shape index (κ3) is 2.34. The highest BCUT2D eigenvalue weighted by Crippen LogP contribution is 2.48. The first kappa shape index (κ1) is 13.8. The first-order chi connectivity index (χ1) is 9.93. The molecular weight excluding hydrogens is 292 g/mol. The van der Waals surface area contributed by atoms with Crippen LogP contribution in [0.4, 0.5) is 5.69 Å². The molecule has 1 heterocycles. The number of hydrogen-bond acceptors (Lipinski definition) is 3. The predicted molar refractivity (Wildman–Crippen MR) is 80.6 cm³/mol. The van der Waals surface area contributed by atoms with Crippen LogP contribution in [-0.2, 0) is 10.3 Å². The maximum Gasteiger partial charge on any atom is 0.294 e. The third-order valence-electron chi connectivity index (χ3n) is 3.81. The highest BCUT2D eigenvalue weighted by atomic mass is 35.5. The first-order valence-electron chi connectivity index (χ1n) is 6.58. The summed E-state index contributed by atoms with van der Waals surface area (Å²) >= 11 is 6.02. The zero-order valence-electron chi connectivity index (χ0n) is 11.4. The van der Waals surface area contributed by atoms with Crippen molar-refractivity contribution in [3.8, 4) is 0 Å². The maximum atomic E-state index is 11.2. The second-order valence-electron chi connectivity index (χ2n) is 5.35. The Hall–Kier alpha value is -2.14. The Morgan fingerprint density at radius 1 is 1.48 bits per heavy atom. The average Bonchev–Trinajstić information content (AvgIpc) is 3.10. The SMILES string of the molecule is CC(=O)/C=C/C1(n2cc([N+](=O)[O-])c3ccc(Cl)cc32)CC1. The van der Waals surface area contributed by atoms with Gasteiger partial charge in [-0.25, -0.2) is 0 Å². The monoisotopic (exact) mass is 304 g/mol. The zero-order chi connectivity index (χ0) is 15.2. The molecule has 1 aromatic carbocycles. The molecule has 1 fully saturated rings. The van der Waals surface area contributed by atoms with E-state index in [0.717, 1.165) is 18.4 Å². The number of rotatable bonds is 4. The number of hydrogen-bond donors (Lipinski definition) is 0. The number of ketones is 1. The summed E-state index contributed by atoms with van der Waals surface area (Å²) in [6.07, 6.45) is 6.60. The second kappa shape index (κ2) is 4.70. The van der Waals surface area contributed by atoms with Crippen LogP contribution >= 0.6 is 11.6 Å². The number of carbonyl (C=O) groups excluding carboxylic acids is 1.